The maximum Gasteiger partial charge on any atom is 0.355 e. The number of nitrogens with one attached hydrogen (secondary N) is 1. The van der Waals surface area contributed by atoms with E-state index >= 15 is 0 Å². The first-order valence-electron chi connectivity index (χ1n) is 5.82. The summed E-state index contributed by atoms with van der Waals surface area (Å²) in [6, 6.07) is 0. The summed E-state index contributed by atoms with van der Waals surface area (Å²) in [4.78, 5) is 25.7. The monoisotopic (exact) mass is 237 g/mol. The Morgan fingerprint density at radius 2 is 1.94 bits per heavy atom. The second-order valence-electron chi connectivity index (χ2n) is 4.15. The van der Waals surface area contributed by atoms with Crippen LogP contribution < -0.4 is 0 Å². The minimum absolute atomic E-state index is 0.155. The molecule has 0 aromatic carbocycles. The zero-order chi connectivity index (χ0) is 13.0. The van der Waals surface area contributed by atoms with Gasteiger partial charge in [-0.05, 0) is 45.2 Å². The number of aromatic nitrogens is 1. The first-order chi connectivity index (χ1) is 7.97. The number of ketones is 1. The van der Waals surface area contributed by atoms with Gasteiger partial charge in [-0.3, -0.25) is 0 Å². The van der Waals surface area contributed by atoms with Gasteiger partial charge in [0.15, 0.2) is 0 Å². The molecular formula is C13H19NO3. The largest absolute Gasteiger partial charge is 0.461 e. The van der Waals surface area contributed by atoms with Gasteiger partial charge < -0.3 is 14.5 Å². The number of aromatic amines is 1. The van der Waals surface area contributed by atoms with E-state index in [1.807, 2.05) is 13.8 Å². The van der Waals surface area contributed by atoms with Gasteiger partial charge in [-0.1, -0.05) is 0 Å². The van der Waals surface area contributed by atoms with E-state index in [9.17, 15) is 9.59 Å². The number of ether oxygens (including phenoxy) is 1. The maximum atomic E-state index is 11.6. The fourth-order valence-corrected chi connectivity index (χ4v) is 1.87. The fraction of sp³-hybridized carbons (Fsp3) is 0.538. The van der Waals surface area contributed by atoms with E-state index < -0.39 is 0 Å². The molecule has 0 aliphatic carbocycles. The Morgan fingerprint density at radius 1 is 1.29 bits per heavy atom. The average Bonchev–Trinajstić information content (AvgIpc) is 2.52. The second kappa shape index (κ2) is 5.66. The molecule has 1 aromatic rings. The van der Waals surface area contributed by atoms with Crippen molar-refractivity contribution in [1.82, 2.24) is 4.98 Å². The number of carbonyl (C=O) groups excluding carboxylic acids is 2. The Hall–Kier alpha value is -1.58. The Morgan fingerprint density at radius 3 is 2.47 bits per heavy atom. The fourth-order valence-electron chi connectivity index (χ4n) is 1.87. The van der Waals surface area contributed by atoms with Crippen LogP contribution in [0.15, 0.2) is 0 Å². The van der Waals surface area contributed by atoms with Gasteiger partial charge in [0.1, 0.15) is 11.5 Å². The third-order valence-electron chi connectivity index (χ3n) is 2.80. The van der Waals surface area contributed by atoms with Crippen LogP contribution in [0.25, 0.3) is 0 Å². The molecule has 0 fully saturated rings. The molecule has 0 saturated carbocycles. The number of H-pyrrole nitrogens is 1. The van der Waals surface area contributed by atoms with Gasteiger partial charge >= 0.3 is 5.97 Å². The lowest BCUT2D eigenvalue weighted by Gasteiger charge is -2.02. The van der Waals surface area contributed by atoms with Crippen molar-refractivity contribution in [2.45, 2.75) is 40.5 Å². The maximum absolute atomic E-state index is 11.6. The summed E-state index contributed by atoms with van der Waals surface area (Å²) >= 11 is 0. The summed E-state index contributed by atoms with van der Waals surface area (Å²) in [7, 11) is 0. The molecule has 0 bridgehead atoms. The Labute approximate surface area is 101 Å². The van der Waals surface area contributed by atoms with Crippen LogP contribution in [0.5, 0.6) is 0 Å². The van der Waals surface area contributed by atoms with E-state index in [4.69, 9.17) is 4.74 Å². The highest BCUT2D eigenvalue weighted by atomic mass is 16.5. The minimum atomic E-state index is -0.331. The molecule has 0 aliphatic heterocycles. The molecule has 1 heterocycles. The summed E-state index contributed by atoms with van der Waals surface area (Å²) in [5, 5.41) is 0. The van der Waals surface area contributed by atoms with Crippen LogP contribution in [-0.4, -0.2) is 23.3 Å². The van der Waals surface area contributed by atoms with Crippen molar-refractivity contribution in [2.24, 2.45) is 0 Å². The van der Waals surface area contributed by atoms with E-state index in [0.29, 0.717) is 25.1 Å². The topological polar surface area (TPSA) is 59.2 Å². The molecule has 1 aromatic heterocycles. The Balaban J connectivity index is 2.93. The standard InChI is InChI=1S/C13H19NO3/c1-5-17-13(16)12-9(3)11(10(4)14-12)7-6-8(2)15/h14H,5-7H2,1-4H3. The van der Waals surface area contributed by atoms with Gasteiger partial charge in [-0.15, -0.1) is 0 Å². The first kappa shape index (κ1) is 13.5. The molecule has 0 aliphatic rings. The zero-order valence-corrected chi connectivity index (χ0v) is 10.8. The summed E-state index contributed by atoms with van der Waals surface area (Å²) in [5.74, 6) is -0.176. The van der Waals surface area contributed by atoms with Crippen LogP contribution >= 0.6 is 0 Å². The van der Waals surface area contributed by atoms with Gasteiger partial charge in [0, 0.05) is 12.1 Å². The first-order valence-corrected chi connectivity index (χ1v) is 5.82. The van der Waals surface area contributed by atoms with Crippen LogP contribution in [0.4, 0.5) is 0 Å². The third-order valence-corrected chi connectivity index (χ3v) is 2.80. The quantitative estimate of drug-likeness (QED) is 0.799. The number of hydrogen-bond acceptors (Lipinski definition) is 3. The van der Waals surface area contributed by atoms with E-state index in [1.165, 1.54) is 0 Å². The van der Waals surface area contributed by atoms with Crippen LogP contribution in [0.3, 0.4) is 0 Å². The van der Waals surface area contributed by atoms with Crippen molar-refractivity contribution in [1.29, 1.82) is 0 Å². The van der Waals surface area contributed by atoms with Gasteiger partial charge in [0.25, 0.3) is 0 Å². The van der Waals surface area contributed by atoms with Crippen LogP contribution in [0.2, 0.25) is 0 Å². The van der Waals surface area contributed by atoms with Gasteiger partial charge in [0.2, 0.25) is 0 Å². The Kier molecular flexibility index (Phi) is 4.49. The molecule has 0 saturated heterocycles. The van der Waals surface area contributed by atoms with Crippen molar-refractivity contribution in [3.05, 3.63) is 22.5 Å². The summed E-state index contributed by atoms with van der Waals surface area (Å²) in [6.45, 7) is 7.50. The minimum Gasteiger partial charge on any atom is -0.461 e. The molecule has 0 amide bonds. The number of hydrogen-bond donors (Lipinski definition) is 1. The summed E-state index contributed by atoms with van der Waals surface area (Å²) in [5.41, 5.74) is 3.38. The molecule has 4 heteroatoms. The Bertz CT molecular complexity index is 432. The average molecular weight is 237 g/mol. The number of rotatable bonds is 5. The molecule has 17 heavy (non-hydrogen) atoms. The molecule has 1 rings (SSSR count). The molecule has 0 spiro atoms. The van der Waals surface area contributed by atoms with Gasteiger partial charge in [-0.25, -0.2) is 4.79 Å². The highest BCUT2D eigenvalue weighted by Gasteiger charge is 2.18. The van der Waals surface area contributed by atoms with Gasteiger partial charge in [-0.2, -0.15) is 0 Å². The molecule has 1 N–H and O–H groups in total. The van der Waals surface area contributed by atoms with Crippen molar-refractivity contribution in [2.75, 3.05) is 6.61 Å². The number of carbonyl (C=O) groups is 2. The molecule has 0 radical (unpaired) electrons. The lowest BCUT2D eigenvalue weighted by molar-refractivity contribution is -0.116. The predicted octanol–water partition coefficient (Wildman–Crippen LogP) is 2.33. The molecule has 94 valence electrons. The highest BCUT2D eigenvalue weighted by Crippen LogP contribution is 2.20. The van der Waals surface area contributed by atoms with Crippen molar-refractivity contribution < 1.29 is 14.3 Å². The number of aryl methyl sites for hydroxylation is 1. The third kappa shape index (κ3) is 3.19. The molecule has 0 unspecified atom stereocenters. The smallest absolute Gasteiger partial charge is 0.355 e. The van der Waals surface area contributed by atoms with Crippen molar-refractivity contribution in [3.8, 4) is 0 Å². The zero-order valence-electron chi connectivity index (χ0n) is 10.8. The number of esters is 1. The molecule has 0 atom stereocenters. The lowest BCUT2D eigenvalue weighted by atomic mass is 10.0. The SMILES string of the molecule is CCOC(=O)c1[nH]c(C)c(CCC(C)=O)c1C. The van der Waals surface area contributed by atoms with Crippen molar-refractivity contribution in [3.63, 3.8) is 0 Å². The van der Waals surface area contributed by atoms with Crippen LogP contribution in [0, 0.1) is 13.8 Å². The second-order valence-corrected chi connectivity index (χ2v) is 4.15. The molecular weight excluding hydrogens is 218 g/mol. The van der Waals surface area contributed by atoms with Crippen LogP contribution in [-0.2, 0) is 16.0 Å². The summed E-state index contributed by atoms with van der Waals surface area (Å²) < 4.78 is 4.97. The lowest BCUT2D eigenvalue weighted by Crippen LogP contribution is -2.06. The summed E-state index contributed by atoms with van der Waals surface area (Å²) in [6.07, 6.45) is 1.17. The van der Waals surface area contributed by atoms with Gasteiger partial charge in [0.05, 0.1) is 6.61 Å². The van der Waals surface area contributed by atoms with Crippen molar-refractivity contribution >= 4 is 11.8 Å². The van der Waals surface area contributed by atoms with E-state index in [2.05, 4.69) is 4.98 Å². The van der Waals surface area contributed by atoms with E-state index in [0.717, 1.165) is 16.8 Å². The van der Waals surface area contributed by atoms with E-state index in [1.54, 1.807) is 13.8 Å². The number of Topliss-reactive ketones (excluding diaryl/α,β-unsaturated/α-hetero) is 1. The highest BCUT2D eigenvalue weighted by molar-refractivity contribution is 5.90. The van der Waals surface area contributed by atoms with Crippen LogP contribution in [0.1, 0.15) is 47.6 Å². The van der Waals surface area contributed by atoms with E-state index in [-0.39, 0.29) is 11.8 Å². The predicted molar refractivity (Wildman–Crippen MR) is 65.2 cm³/mol. The normalized spacial score (nSPS) is 10.4. The molecule has 4 nitrogen and oxygen atoms in total.